The third kappa shape index (κ3) is 6.10. The molecule has 0 aliphatic carbocycles. The molecule has 1 N–H and O–H groups in total. The van der Waals surface area contributed by atoms with Gasteiger partial charge in [0.05, 0.1) is 0 Å². The lowest BCUT2D eigenvalue weighted by molar-refractivity contribution is -0.118. The highest BCUT2D eigenvalue weighted by Gasteiger charge is 2.10. The number of amides is 1. The van der Waals surface area contributed by atoms with Gasteiger partial charge in [0.1, 0.15) is 17.3 Å². The third-order valence-corrected chi connectivity index (χ3v) is 4.21. The Bertz CT molecular complexity index is 548. The molecule has 1 atom stereocenters. The summed E-state index contributed by atoms with van der Waals surface area (Å²) in [5.41, 5.74) is 0. The summed E-state index contributed by atoms with van der Waals surface area (Å²) >= 11 is 0. The minimum Gasteiger partial charge on any atom is -0.457 e. The first-order valence-corrected chi connectivity index (χ1v) is 8.62. The Hall–Kier alpha value is -2.14. The monoisotopic (exact) mass is 317 g/mol. The van der Waals surface area contributed by atoms with Crippen LogP contribution in [0.1, 0.15) is 6.42 Å². The van der Waals surface area contributed by atoms with Crippen LogP contribution in [0.3, 0.4) is 0 Å². The molecule has 5 heteroatoms. The Labute approximate surface area is 133 Å². The minimum absolute atomic E-state index is 0.0779. The van der Waals surface area contributed by atoms with Crippen molar-refractivity contribution in [3.63, 3.8) is 0 Å². The SMILES string of the molecule is O=C1CS(=O)CCCN1.c1ccc(Oc2ccccc2)cc1. The fourth-order valence-corrected chi connectivity index (χ4v) is 2.85. The van der Waals surface area contributed by atoms with Gasteiger partial charge < -0.3 is 10.1 Å². The summed E-state index contributed by atoms with van der Waals surface area (Å²) in [5.74, 6) is 2.52. The van der Waals surface area contributed by atoms with Crippen molar-refractivity contribution in [1.29, 1.82) is 0 Å². The van der Waals surface area contributed by atoms with E-state index in [2.05, 4.69) is 5.32 Å². The number of para-hydroxylation sites is 2. The molecule has 2 aromatic carbocycles. The second-order valence-corrected chi connectivity index (χ2v) is 6.30. The second kappa shape index (κ2) is 9.00. The summed E-state index contributed by atoms with van der Waals surface area (Å²) in [6.07, 6.45) is 0.846. The fraction of sp³-hybridized carbons (Fsp3) is 0.235. The van der Waals surface area contributed by atoms with E-state index in [-0.39, 0.29) is 11.7 Å². The molecular weight excluding hydrogens is 298 g/mol. The Morgan fingerprint density at radius 2 is 1.45 bits per heavy atom. The van der Waals surface area contributed by atoms with Gasteiger partial charge in [-0.3, -0.25) is 9.00 Å². The fourth-order valence-electron chi connectivity index (χ4n) is 1.84. The van der Waals surface area contributed by atoms with E-state index in [1.54, 1.807) is 0 Å². The van der Waals surface area contributed by atoms with Crippen LogP contribution in [0.5, 0.6) is 11.5 Å². The number of hydrogen-bond acceptors (Lipinski definition) is 3. The average Bonchev–Trinajstić information content (AvgIpc) is 2.73. The van der Waals surface area contributed by atoms with Gasteiger partial charge >= 0.3 is 0 Å². The van der Waals surface area contributed by atoms with Gasteiger partial charge in [-0.25, -0.2) is 0 Å². The molecular formula is C17H19NO3S. The Balaban J connectivity index is 0.000000172. The molecule has 0 bridgehead atoms. The Morgan fingerprint density at radius 1 is 0.909 bits per heavy atom. The van der Waals surface area contributed by atoms with Crippen molar-refractivity contribution in [2.45, 2.75) is 6.42 Å². The van der Waals surface area contributed by atoms with Crippen LogP contribution in [0.2, 0.25) is 0 Å². The van der Waals surface area contributed by atoms with E-state index in [0.717, 1.165) is 17.9 Å². The molecule has 3 rings (SSSR count). The van der Waals surface area contributed by atoms with Gasteiger partial charge in [-0.1, -0.05) is 36.4 Å². The van der Waals surface area contributed by atoms with Crippen LogP contribution in [0, 0.1) is 0 Å². The predicted molar refractivity (Wildman–Crippen MR) is 88.5 cm³/mol. The summed E-state index contributed by atoms with van der Waals surface area (Å²) in [4.78, 5) is 10.6. The van der Waals surface area contributed by atoms with E-state index in [1.807, 2.05) is 60.7 Å². The van der Waals surface area contributed by atoms with Crippen LogP contribution in [0.4, 0.5) is 0 Å². The maximum atomic E-state index is 10.7. The molecule has 1 aliphatic rings. The number of ether oxygens (including phenoxy) is 1. The van der Waals surface area contributed by atoms with Crippen molar-refractivity contribution >= 4 is 16.7 Å². The van der Waals surface area contributed by atoms with Crippen molar-refractivity contribution < 1.29 is 13.7 Å². The molecule has 1 heterocycles. The molecule has 0 aromatic heterocycles. The topological polar surface area (TPSA) is 55.4 Å². The number of carbonyl (C=O) groups is 1. The lowest BCUT2D eigenvalue weighted by Gasteiger charge is -2.03. The molecule has 0 spiro atoms. The zero-order valence-corrected chi connectivity index (χ0v) is 13.1. The van der Waals surface area contributed by atoms with E-state index in [9.17, 15) is 9.00 Å². The summed E-state index contributed by atoms with van der Waals surface area (Å²) in [6.45, 7) is 0.685. The Morgan fingerprint density at radius 3 is 2.00 bits per heavy atom. The first-order chi connectivity index (χ1) is 10.7. The van der Waals surface area contributed by atoms with Crippen molar-refractivity contribution in [3.05, 3.63) is 60.7 Å². The number of nitrogens with one attached hydrogen (secondary N) is 1. The number of carbonyl (C=O) groups excluding carboxylic acids is 1. The van der Waals surface area contributed by atoms with Gasteiger partial charge in [0.15, 0.2) is 0 Å². The largest absolute Gasteiger partial charge is 0.457 e. The van der Waals surface area contributed by atoms with Crippen LogP contribution in [-0.2, 0) is 15.6 Å². The van der Waals surface area contributed by atoms with E-state index in [4.69, 9.17) is 4.74 Å². The molecule has 116 valence electrons. The van der Waals surface area contributed by atoms with Crippen LogP contribution >= 0.6 is 0 Å². The average molecular weight is 317 g/mol. The Kier molecular flexibility index (Phi) is 6.64. The van der Waals surface area contributed by atoms with Gasteiger partial charge in [-0.15, -0.1) is 0 Å². The predicted octanol–water partition coefficient (Wildman–Crippen LogP) is 2.73. The molecule has 0 saturated carbocycles. The summed E-state index contributed by atoms with van der Waals surface area (Å²) in [7, 11) is -0.900. The molecule has 1 fully saturated rings. The highest BCUT2D eigenvalue weighted by Crippen LogP contribution is 2.19. The molecule has 1 unspecified atom stereocenters. The summed E-state index contributed by atoms with van der Waals surface area (Å²) in [5, 5.41) is 2.64. The van der Waals surface area contributed by atoms with Crippen molar-refractivity contribution in [1.82, 2.24) is 5.32 Å². The van der Waals surface area contributed by atoms with Gasteiger partial charge in [0.25, 0.3) is 0 Å². The maximum absolute atomic E-state index is 10.7. The lowest BCUT2D eigenvalue weighted by Crippen LogP contribution is -2.25. The molecule has 22 heavy (non-hydrogen) atoms. The van der Waals surface area contributed by atoms with Gasteiger partial charge in [0, 0.05) is 23.1 Å². The van der Waals surface area contributed by atoms with Crippen LogP contribution in [-0.4, -0.2) is 28.2 Å². The number of hydrogen-bond donors (Lipinski definition) is 1. The highest BCUT2D eigenvalue weighted by atomic mass is 32.2. The van der Waals surface area contributed by atoms with E-state index >= 15 is 0 Å². The van der Waals surface area contributed by atoms with E-state index in [1.165, 1.54) is 0 Å². The zero-order chi connectivity index (χ0) is 15.6. The van der Waals surface area contributed by atoms with E-state index in [0.29, 0.717) is 12.3 Å². The minimum atomic E-state index is -0.900. The van der Waals surface area contributed by atoms with Crippen LogP contribution in [0.25, 0.3) is 0 Å². The number of rotatable bonds is 2. The summed E-state index contributed by atoms with van der Waals surface area (Å²) in [6, 6.07) is 19.5. The van der Waals surface area contributed by atoms with Gasteiger partial charge in [-0.05, 0) is 30.7 Å². The van der Waals surface area contributed by atoms with Crippen molar-refractivity contribution in [2.75, 3.05) is 18.1 Å². The first kappa shape index (κ1) is 16.2. The lowest BCUT2D eigenvalue weighted by atomic mass is 10.3. The van der Waals surface area contributed by atoms with Gasteiger partial charge in [-0.2, -0.15) is 0 Å². The standard InChI is InChI=1S/C12H10O.C5H9NO2S/c1-3-7-11(8-4-1)13-12-9-5-2-6-10-12;7-5-4-9(8)3-1-2-6-5/h1-10H;1-4H2,(H,6,7). The third-order valence-electron chi connectivity index (χ3n) is 2.89. The molecule has 1 saturated heterocycles. The molecule has 0 radical (unpaired) electrons. The van der Waals surface area contributed by atoms with E-state index < -0.39 is 10.8 Å². The molecule has 1 amide bonds. The van der Waals surface area contributed by atoms with Crippen molar-refractivity contribution in [3.8, 4) is 11.5 Å². The highest BCUT2D eigenvalue weighted by molar-refractivity contribution is 7.85. The second-order valence-electron chi connectivity index (χ2n) is 4.72. The quantitative estimate of drug-likeness (QED) is 0.926. The van der Waals surface area contributed by atoms with Crippen molar-refractivity contribution in [2.24, 2.45) is 0 Å². The molecule has 1 aliphatic heterocycles. The normalized spacial score (nSPS) is 17.5. The van der Waals surface area contributed by atoms with Crippen LogP contribution < -0.4 is 10.1 Å². The summed E-state index contributed by atoms with van der Waals surface area (Å²) < 4.78 is 16.3. The zero-order valence-electron chi connectivity index (χ0n) is 12.2. The molecule has 4 nitrogen and oxygen atoms in total. The maximum Gasteiger partial charge on any atom is 0.232 e. The molecule has 2 aromatic rings. The van der Waals surface area contributed by atoms with Gasteiger partial charge in [0.2, 0.25) is 5.91 Å². The first-order valence-electron chi connectivity index (χ1n) is 7.13. The van der Waals surface area contributed by atoms with Crippen LogP contribution in [0.15, 0.2) is 60.7 Å². The number of benzene rings is 2. The smallest absolute Gasteiger partial charge is 0.232 e.